The third kappa shape index (κ3) is 5.86. The first-order valence-electron chi connectivity index (χ1n) is 11.8. The molecule has 1 aromatic heterocycles. The van der Waals surface area contributed by atoms with Gasteiger partial charge in [0.2, 0.25) is 0 Å². The van der Waals surface area contributed by atoms with Crippen LogP contribution in [0.1, 0.15) is 56.9 Å². The van der Waals surface area contributed by atoms with Gasteiger partial charge in [0.15, 0.2) is 5.58 Å². The Kier molecular flexibility index (Phi) is 6.91. The lowest BCUT2D eigenvalue weighted by molar-refractivity contribution is 0.0181. The average Bonchev–Trinajstić information content (AvgIpc) is 3.21. The first-order valence-corrected chi connectivity index (χ1v) is 11.8. The van der Waals surface area contributed by atoms with Gasteiger partial charge in [-0.25, -0.2) is 4.79 Å². The van der Waals surface area contributed by atoms with Gasteiger partial charge in [-0.1, -0.05) is 35.5 Å². The maximum atomic E-state index is 12.3. The highest BCUT2D eigenvalue weighted by Gasteiger charge is 2.27. The SMILES string of the molecule is Cc1c(OCc2ccccc2)ccc2c(CCC3CCN(C(=O)OC(C)(C)C)CC3)noc12. The van der Waals surface area contributed by atoms with E-state index < -0.39 is 5.60 Å². The number of hydrogen-bond acceptors (Lipinski definition) is 5. The van der Waals surface area contributed by atoms with E-state index in [9.17, 15) is 4.79 Å². The summed E-state index contributed by atoms with van der Waals surface area (Å²) in [6.07, 6.45) is 3.68. The maximum absolute atomic E-state index is 12.3. The lowest BCUT2D eigenvalue weighted by Crippen LogP contribution is -2.41. The second kappa shape index (κ2) is 9.86. The number of carbonyl (C=O) groups is 1. The number of nitrogens with zero attached hydrogens (tertiary/aromatic N) is 2. The Morgan fingerprint density at radius 1 is 1.12 bits per heavy atom. The minimum atomic E-state index is -0.452. The standard InChI is InChI=1S/C27H34N2O4/c1-19-24(31-18-21-8-6-5-7-9-21)13-11-22-23(28-33-25(19)22)12-10-20-14-16-29(17-15-20)26(30)32-27(2,3)4/h5-9,11,13,20H,10,12,14-18H2,1-4H3. The number of aryl methyl sites for hydroxylation is 2. The number of ether oxygens (including phenoxy) is 2. The van der Waals surface area contributed by atoms with Crippen molar-refractivity contribution in [3.8, 4) is 5.75 Å². The summed E-state index contributed by atoms with van der Waals surface area (Å²) in [5.74, 6) is 1.40. The van der Waals surface area contributed by atoms with Crippen molar-refractivity contribution < 1.29 is 18.8 Å². The zero-order chi connectivity index (χ0) is 23.4. The molecule has 176 valence electrons. The summed E-state index contributed by atoms with van der Waals surface area (Å²) in [6.45, 7) is 9.75. The fraction of sp³-hybridized carbons (Fsp3) is 0.481. The van der Waals surface area contributed by atoms with Gasteiger partial charge in [-0.3, -0.25) is 0 Å². The van der Waals surface area contributed by atoms with E-state index in [1.54, 1.807) is 0 Å². The number of piperidine rings is 1. The minimum Gasteiger partial charge on any atom is -0.488 e. The highest BCUT2D eigenvalue weighted by atomic mass is 16.6. The quantitative estimate of drug-likeness (QED) is 0.441. The first kappa shape index (κ1) is 23.1. The van der Waals surface area contributed by atoms with E-state index >= 15 is 0 Å². The number of hydrogen-bond donors (Lipinski definition) is 0. The molecule has 1 aliphatic rings. The normalized spacial score (nSPS) is 15.1. The third-order valence-corrected chi connectivity index (χ3v) is 6.21. The molecule has 1 amide bonds. The molecule has 0 radical (unpaired) electrons. The van der Waals surface area contributed by atoms with E-state index in [1.807, 2.05) is 56.9 Å². The molecule has 0 N–H and O–H groups in total. The number of amides is 1. The summed E-state index contributed by atoms with van der Waals surface area (Å²) >= 11 is 0. The Balaban J connectivity index is 1.32. The zero-order valence-corrected chi connectivity index (χ0v) is 20.1. The van der Waals surface area contributed by atoms with Crippen LogP contribution < -0.4 is 4.74 Å². The molecule has 3 aromatic rings. The molecule has 0 atom stereocenters. The fourth-order valence-electron chi connectivity index (χ4n) is 4.31. The van der Waals surface area contributed by atoms with Crippen molar-refractivity contribution in [1.29, 1.82) is 0 Å². The van der Waals surface area contributed by atoms with Crippen LogP contribution >= 0.6 is 0 Å². The monoisotopic (exact) mass is 450 g/mol. The number of fused-ring (bicyclic) bond motifs is 1. The van der Waals surface area contributed by atoms with Gasteiger partial charge in [-0.05, 0) is 77.0 Å². The van der Waals surface area contributed by atoms with Crippen LogP contribution in [-0.4, -0.2) is 34.8 Å². The molecule has 2 heterocycles. The fourth-order valence-corrected chi connectivity index (χ4v) is 4.31. The van der Waals surface area contributed by atoms with Crippen molar-refractivity contribution in [2.24, 2.45) is 5.92 Å². The van der Waals surface area contributed by atoms with Crippen molar-refractivity contribution in [2.45, 2.75) is 65.6 Å². The van der Waals surface area contributed by atoms with E-state index in [1.165, 1.54) is 0 Å². The van der Waals surface area contributed by atoms with E-state index in [0.717, 1.165) is 72.3 Å². The number of benzene rings is 2. The molecule has 6 nitrogen and oxygen atoms in total. The minimum absolute atomic E-state index is 0.204. The van der Waals surface area contributed by atoms with Crippen molar-refractivity contribution in [1.82, 2.24) is 10.1 Å². The van der Waals surface area contributed by atoms with Gasteiger partial charge in [0.05, 0.1) is 5.69 Å². The Hall–Kier alpha value is -3.02. The Labute approximate surface area is 195 Å². The van der Waals surface area contributed by atoms with Crippen LogP contribution in [0.5, 0.6) is 5.75 Å². The van der Waals surface area contributed by atoms with Crippen LogP contribution in [0.2, 0.25) is 0 Å². The van der Waals surface area contributed by atoms with Gasteiger partial charge in [0.25, 0.3) is 0 Å². The molecule has 1 fully saturated rings. The van der Waals surface area contributed by atoms with Gasteiger partial charge in [0.1, 0.15) is 18.0 Å². The highest BCUT2D eigenvalue weighted by molar-refractivity contribution is 5.84. The predicted molar refractivity (Wildman–Crippen MR) is 128 cm³/mol. The summed E-state index contributed by atoms with van der Waals surface area (Å²) in [5, 5.41) is 5.43. The largest absolute Gasteiger partial charge is 0.488 e. The smallest absolute Gasteiger partial charge is 0.410 e. The van der Waals surface area contributed by atoms with Gasteiger partial charge in [-0.15, -0.1) is 0 Å². The van der Waals surface area contributed by atoms with Crippen molar-refractivity contribution >= 4 is 17.1 Å². The van der Waals surface area contributed by atoms with Gasteiger partial charge in [0, 0.05) is 24.0 Å². The van der Waals surface area contributed by atoms with Crippen LogP contribution in [0.25, 0.3) is 11.0 Å². The van der Waals surface area contributed by atoms with Crippen LogP contribution in [0.3, 0.4) is 0 Å². The number of rotatable bonds is 6. The topological polar surface area (TPSA) is 64.8 Å². The van der Waals surface area contributed by atoms with E-state index in [0.29, 0.717) is 12.5 Å². The maximum Gasteiger partial charge on any atom is 0.410 e. The summed E-state index contributed by atoms with van der Waals surface area (Å²) in [4.78, 5) is 14.1. The molecule has 33 heavy (non-hydrogen) atoms. The van der Waals surface area contributed by atoms with Crippen LogP contribution in [0.4, 0.5) is 4.79 Å². The second-order valence-corrected chi connectivity index (χ2v) is 9.92. The number of carbonyl (C=O) groups excluding carboxylic acids is 1. The van der Waals surface area contributed by atoms with Crippen LogP contribution in [0, 0.1) is 12.8 Å². The molecule has 2 aromatic carbocycles. The zero-order valence-electron chi connectivity index (χ0n) is 20.1. The molecule has 1 aliphatic heterocycles. The molecule has 1 saturated heterocycles. The molecule has 0 unspecified atom stereocenters. The molecular formula is C27H34N2O4. The number of likely N-dealkylation sites (tertiary alicyclic amines) is 1. The predicted octanol–water partition coefficient (Wildman–Crippen LogP) is 6.29. The number of aromatic nitrogens is 1. The van der Waals surface area contributed by atoms with E-state index in [2.05, 4.69) is 23.4 Å². The summed E-state index contributed by atoms with van der Waals surface area (Å²) < 4.78 is 17.2. The molecule has 0 spiro atoms. The van der Waals surface area contributed by atoms with E-state index in [4.69, 9.17) is 14.0 Å². The Morgan fingerprint density at radius 3 is 2.55 bits per heavy atom. The summed E-state index contributed by atoms with van der Waals surface area (Å²) in [6, 6.07) is 14.2. The van der Waals surface area contributed by atoms with Gasteiger partial charge >= 0.3 is 6.09 Å². The molecule has 0 aliphatic carbocycles. The lowest BCUT2D eigenvalue weighted by Gasteiger charge is -2.33. The lowest BCUT2D eigenvalue weighted by atomic mass is 9.91. The van der Waals surface area contributed by atoms with E-state index in [-0.39, 0.29) is 6.09 Å². The van der Waals surface area contributed by atoms with Crippen LogP contribution in [-0.2, 0) is 17.8 Å². The summed E-state index contributed by atoms with van der Waals surface area (Å²) in [5.41, 5.74) is 3.46. The second-order valence-electron chi connectivity index (χ2n) is 9.92. The summed E-state index contributed by atoms with van der Waals surface area (Å²) in [7, 11) is 0. The molecule has 0 bridgehead atoms. The third-order valence-electron chi connectivity index (χ3n) is 6.21. The highest BCUT2D eigenvalue weighted by Crippen LogP contribution is 2.31. The van der Waals surface area contributed by atoms with Crippen molar-refractivity contribution in [3.63, 3.8) is 0 Å². The van der Waals surface area contributed by atoms with Crippen molar-refractivity contribution in [3.05, 3.63) is 59.3 Å². The molecule has 6 heteroatoms. The first-order chi connectivity index (χ1) is 15.8. The Morgan fingerprint density at radius 2 is 1.85 bits per heavy atom. The van der Waals surface area contributed by atoms with Crippen molar-refractivity contribution in [2.75, 3.05) is 13.1 Å². The van der Waals surface area contributed by atoms with Gasteiger partial charge in [-0.2, -0.15) is 0 Å². The molecular weight excluding hydrogens is 416 g/mol. The Bertz CT molecular complexity index is 1080. The van der Waals surface area contributed by atoms with Gasteiger partial charge < -0.3 is 18.9 Å². The molecule has 0 saturated carbocycles. The average molecular weight is 451 g/mol. The molecule has 4 rings (SSSR count). The van der Waals surface area contributed by atoms with Crippen LogP contribution in [0.15, 0.2) is 47.0 Å².